The Hall–Kier alpha value is -3.66. The molecule has 182 valence electrons. The number of likely N-dealkylation sites (N-methyl/N-ethyl adjacent to an activating group) is 1. The lowest BCUT2D eigenvalue weighted by atomic mass is 9.88. The molecular weight excluding hydrogens is 442 g/mol. The molecule has 4 atom stereocenters. The first-order valence-corrected chi connectivity index (χ1v) is 12.2. The van der Waals surface area contributed by atoms with Gasteiger partial charge in [-0.2, -0.15) is 9.97 Å². The molecule has 0 spiro atoms. The van der Waals surface area contributed by atoms with Crippen molar-refractivity contribution in [1.82, 2.24) is 24.8 Å². The van der Waals surface area contributed by atoms with Crippen molar-refractivity contribution in [3.8, 4) is 0 Å². The largest absolute Gasteiger partial charge is 0.369 e. The van der Waals surface area contributed by atoms with Gasteiger partial charge < -0.3 is 31.2 Å². The van der Waals surface area contributed by atoms with Crippen molar-refractivity contribution in [2.24, 2.45) is 23.5 Å². The summed E-state index contributed by atoms with van der Waals surface area (Å²) in [5, 5.41) is 6.85. The lowest BCUT2D eigenvalue weighted by Crippen LogP contribution is -2.44. The lowest BCUT2D eigenvalue weighted by Gasteiger charge is -2.35. The van der Waals surface area contributed by atoms with Crippen molar-refractivity contribution >= 4 is 40.2 Å². The summed E-state index contributed by atoms with van der Waals surface area (Å²) < 4.78 is 0. The van der Waals surface area contributed by atoms with Crippen LogP contribution in [0.25, 0.3) is 11.2 Å². The van der Waals surface area contributed by atoms with Crippen LogP contribution in [-0.2, 0) is 4.79 Å². The molecule has 6 rings (SSSR count). The van der Waals surface area contributed by atoms with Gasteiger partial charge in [-0.25, -0.2) is 4.98 Å². The summed E-state index contributed by atoms with van der Waals surface area (Å²) in [6, 6.07) is 6.26. The molecule has 3 aliphatic rings. The third-order valence-electron chi connectivity index (χ3n) is 7.67. The molecule has 10 nitrogen and oxygen atoms in total. The first-order valence-electron chi connectivity index (χ1n) is 12.2. The number of primary amides is 1. The van der Waals surface area contributed by atoms with Crippen LogP contribution >= 0.6 is 0 Å². The lowest BCUT2D eigenvalue weighted by molar-refractivity contribution is -0.122. The molecule has 1 aromatic carbocycles. The van der Waals surface area contributed by atoms with Gasteiger partial charge in [0, 0.05) is 43.6 Å². The Kier molecular flexibility index (Phi) is 5.32. The molecule has 1 aliphatic heterocycles. The van der Waals surface area contributed by atoms with Gasteiger partial charge in [0.25, 0.3) is 0 Å². The molecule has 2 bridgehead atoms. The molecule has 5 N–H and O–H groups in total. The number of hydrogen-bond acceptors (Lipinski definition) is 8. The number of imidazole rings is 1. The second-order valence-electron chi connectivity index (χ2n) is 9.96. The van der Waals surface area contributed by atoms with E-state index in [2.05, 4.69) is 79.7 Å². The van der Waals surface area contributed by atoms with E-state index < -0.39 is 0 Å². The second kappa shape index (κ2) is 8.53. The van der Waals surface area contributed by atoms with Crippen LogP contribution in [0.5, 0.6) is 0 Å². The highest BCUT2D eigenvalue weighted by Gasteiger charge is 2.47. The van der Waals surface area contributed by atoms with Crippen LogP contribution < -0.4 is 21.3 Å². The maximum atomic E-state index is 12.2. The fourth-order valence-electron chi connectivity index (χ4n) is 5.82. The maximum absolute atomic E-state index is 12.2. The van der Waals surface area contributed by atoms with Crippen LogP contribution in [0.2, 0.25) is 0 Å². The molecule has 2 fully saturated rings. The van der Waals surface area contributed by atoms with Gasteiger partial charge in [0.1, 0.15) is 5.52 Å². The van der Waals surface area contributed by atoms with Crippen LogP contribution in [0.15, 0.2) is 36.7 Å². The summed E-state index contributed by atoms with van der Waals surface area (Å²) in [7, 11) is 2.17. The number of allylic oxidation sites excluding steroid dienone is 1. The number of fused-ring (bicyclic) bond motifs is 3. The highest BCUT2D eigenvalue weighted by atomic mass is 16.1. The number of benzene rings is 1. The predicted molar refractivity (Wildman–Crippen MR) is 137 cm³/mol. The number of carbonyl (C=O) groups is 1. The van der Waals surface area contributed by atoms with E-state index in [1.54, 1.807) is 6.33 Å². The van der Waals surface area contributed by atoms with Gasteiger partial charge in [0.05, 0.1) is 12.2 Å². The van der Waals surface area contributed by atoms with Crippen LogP contribution in [0.1, 0.15) is 12.0 Å². The van der Waals surface area contributed by atoms with Crippen LogP contribution in [0.4, 0.5) is 23.1 Å². The Balaban J connectivity index is 1.25. The normalized spacial score (nSPS) is 25.9. The second-order valence-corrected chi connectivity index (χ2v) is 9.96. The van der Waals surface area contributed by atoms with Crippen molar-refractivity contribution in [2.45, 2.75) is 19.4 Å². The van der Waals surface area contributed by atoms with E-state index in [1.807, 2.05) is 0 Å². The molecule has 1 saturated carbocycles. The summed E-state index contributed by atoms with van der Waals surface area (Å²) in [5.41, 5.74) is 10.4. The first-order chi connectivity index (χ1) is 17.0. The van der Waals surface area contributed by atoms with Gasteiger partial charge in [-0.15, -0.1) is 0 Å². The van der Waals surface area contributed by atoms with Gasteiger partial charge in [-0.1, -0.05) is 12.2 Å². The molecule has 2 aromatic heterocycles. The van der Waals surface area contributed by atoms with E-state index in [9.17, 15) is 4.79 Å². The average Bonchev–Trinajstić information content (AvgIpc) is 3.56. The molecule has 2 aliphatic carbocycles. The number of nitrogens with two attached hydrogens (primary N) is 1. The third-order valence-corrected chi connectivity index (χ3v) is 7.67. The van der Waals surface area contributed by atoms with E-state index in [1.165, 1.54) is 11.3 Å². The van der Waals surface area contributed by atoms with Crippen LogP contribution in [0.3, 0.4) is 0 Å². The molecule has 4 unspecified atom stereocenters. The minimum atomic E-state index is -0.275. The van der Waals surface area contributed by atoms with Crippen molar-refractivity contribution in [3.63, 3.8) is 0 Å². The Morgan fingerprint density at radius 3 is 2.71 bits per heavy atom. The molecule has 3 aromatic rings. The number of anilines is 4. The average molecular weight is 474 g/mol. The SMILES string of the molecule is Cc1cc(Nc2nc(NC3C4C=CC(C4)C3C(N)=O)c3[nH]cnc3n2)ccc1N1CCN(C)CC1. The smallest absolute Gasteiger partial charge is 0.231 e. The molecule has 35 heavy (non-hydrogen) atoms. The highest BCUT2D eigenvalue weighted by Crippen LogP contribution is 2.45. The first kappa shape index (κ1) is 21.8. The summed E-state index contributed by atoms with van der Waals surface area (Å²) in [6.07, 6.45) is 6.84. The van der Waals surface area contributed by atoms with E-state index in [0.29, 0.717) is 22.9 Å². The third kappa shape index (κ3) is 3.97. The monoisotopic (exact) mass is 473 g/mol. The molecule has 10 heteroatoms. The zero-order valence-corrected chi connectivity index (χ0v) is 20.0. The Bertz CT molecular complexity index is 1290. The number of carbonyl (C=O) groups excluding carboxylic acids is 1. The standard InChI is InChI=1S/C25H31N9O/c1-14-11-17(5-6-18(14)34-9-7-33(2)8-10-34)29-25-31-23-21(27-13-28-23)24(32-25)30-20-16-4-3-15(12-16)19(20)22(26)35/h3-6,11,13,15-16,19-20H,7-10,12H2,1-2H3,(H2,26,35)(H3,27,28,29,30,31,32). The van der Waals surface area contributed by atoms with Crippen molar-refractivity contribution < 1.29 is 4.79 Å². The number of piperazine rings is 1. The Morgan fingerprint density at radius 2 is 1.94 bits per heavy atom. The van der Waals surface area contributed by atoms with Gasteiger partial charge in [-0.3, -0.25) is 4.79 Å². The summed E-state index contributed by atoms with van der Waals surface area (Å²) >= 11 is 0. The molecular formula is C25H31N9O. The Morgan fingerprint density at radius 1 is 1.14 bits per heavy atom. The van der Waals surface area contributed by atoms with Gasteiger partial charge in [0.2, 0.25) is 11.9 Å². The van der Waals surface area contributed by atoms with Crippen molar-refractivity contribution in [3.05, 3.63) is 42.2 Å². The number of hydrogen-bond donors (Lipinski definition) is 4. The van der Waals surface area contributed by atoms with Gasteiger partial charge in [0.15, 0.2) is 11.5 Å². The number of nitrogens with one attached hydrogen (secondary N) is 3. The summed E-state index contributed by atoms with van der Waals surface area (Å²) in [6.45, 7) is 6.34. The van der Waals surface area contributed by atoms with E-state index in [4.69, 9.17) is 10.7 Å². The minimum absolute atomic E-state index is 0.0955. The van der Waals surface area contributed by atoms with Crippen LogP contribution in [-0.4, -0.2) is 70.0 Å². The maximum Gasteiger partial charge on any atom is 0.231 e. The van der Waals surface area contributed by atoms with Crippen molar-refractivity contribution in [2.75, 3.05) is 48.8 Å². The number of aromatic amines is 1. The molecule has 3 heterocycles. The molecule has 1 saturated heterocycles. The fraction of sp³-hybridized carbons (Fsp3) is 0.440. The zero-order chi connectivity index (χ0) is 24.1. The quantitative estimate of drug-likeness (QED) is 0.401. The zero-order valence-electron chi connectivity index (χ0n) is 20.0. The van der Waals surface area contributed by atoms with E-state index in [0.717, 1.165) is 38.3 Å². The van der Waals surface area contributed by atoms with Crippen LogP contribution in [0, 0.1) is 24.7 Å². The number of nitrogens with zero attached hydrogens (tertiary/aromatic N) is 5. The Labute approximate surface area is 204 Å². The highest BCUT2D eigenvalue weighted by molar-refractivity contribution is 5.85. The minimum Gasteiger partial charge on any atom is -0.369 e. The predicted octanol–water partition coefficient (Wildman–Crippen LogP) is 2.24. The number of amides is 1. The molecule has 1 amide bonds. The van der Waals surface area contributed by atoms with Crippen molar-refractivity contribution in [1.29, 1.82) is 0 Å². The number of H-pyrrole nitrogens is 1. The molecule has 0 radical (unpaired) electrons. The topological polar surface area (TPSA) is 128 Å². The van der Waals surface area contributed by atoms with Gasteiger partial charge >= 0.3 is 0 Å². The van der Waals surface area contributed by atoms with Gasteiger partial charge in [-0.05, 0) is 56.0 Å². The number of rotatable bonds is 6. The number of aromatic nitrogens is 4. The number of aryl methyl sites for hydroxylation is 1. The summed E-state index contributed by atoms with van der Waals surface area (Å²) in [5.74, 6) is 0.994. The van der Waals surface area contributed by atoms with E-state index in [-0.39, 0.29) is 29.7 Å². The fourth-order valence-corrected chi connectivity index (χ4v) is 5.82. The van der Waals surface area contributed by atoms with E-state index >= 15 is 0 Å². The summed E-state index contributed by atoms with van der Waals surface area (Å²) in [4.78, 5) is 33.8.